The second kappa shape index (κ2) is 16.2. The van der Waals surface area contributed by atoms with Crippen LogP contribution in [0.15, 0.2) is 237 Å². The zero-order chi connectivity index (χ0) is 43.4. The molecule has 2 aliphatic rings. The minimum absolute atomic E-state index is 0.148. The van der Waals surface area contributed by atoms with Crippen molar-refractivity contribution in [1.29, 1.82) is 0 Å². The fraction of sp³-hybridized carbons (Fsp3) is 0. The summed E-state index contributed by atoms with van der Waals surface area (Å²) in [6.45, 7) is -0.148. The molecule has 0 spiro atoms. The monoisotopic (exact) mass is 868 g/mol. The van der Waals surface area contributed by atoms with Gasteiger partial charge in [-0.05, 0) is 86.2 Å². The molecule has 10 aromatic rings. The normalized spacial score (nSPS) is 12.4. The van der Waals surface area contributed by atoms with E-state index in [2.05, 4.69) is 234 Å². The van der Waals surface area contributed by atoms with E-state index >= 15 is 0 Å². The minimum Gasteiger partial charge on any atom is -0.310 e. The number of halogens is 2. The van der Waals surface area contributed by atoms with Crippen molar-refractivity contribution in [3.63, 3.8) is 0 Å². The van der Waals surface area contributed by atoms with Gasteiger partial charge in [-0.25, -0.2) is 0 Å². The van der Waals surface area contributed by atoms with Gasteiger partial charge in [0.2, 0.25) is 0 Å². The molecule has 0 saturated heterocycles. The maximum atomic E-state index is 7.16. The lowest BCUT2D eigenvalue weighted by molar-refractivity contribution is 1.25. The van der Waals surface area contributed by atoms with Crippen LogP contribution in [0.1, 0.15) is 0 Å². The Bertz CT molecular complexity index is 3080. The summed E-state index contributed by atoms with van der Waals surface area (Å²) >= 11 is 14.3. The van der Waals surface area contributed by atoms with Crippen molar-refractivity contribution in [2.24, 2.45) is 0 Å². The molecule has 0 N–H and O–H groups in total. The average molecular weight is 870 g/mol. The van der Waals surface area contributed by atoms with Gasteiger partial charge in [0.1, 0.15) is 0 Å². The van der Waals surface area contributed by atoms with Gasteiger partial charge in [0.05, 0.1) is 11.4 Å². The van der Waals surface area contributed by atoms with Crippen molar-refractivity contribution < 1.29 is 0 Å². The van der Waals surface area contributed by atoms with E-state index in [4.69, 9.17) is 23.2 Å². The van der Waals surface area contributed by atoms with Crippen LogP contribution in [0.3, 0.4) is 0 Å². The number of hydrogen-bond acceptors (Lipinski definition) is 2. The van der Waals surface area contributed by atoms with Crippen molar-refractivity contribution >= 4 is 80.4 Å². The topological polar surface area (TPSA) is 6.48 Å². The zero-order valence-electron chi connectivity index (χ0n) is 35.2. The van der Waals surface area contributed by atoms with Gasteiger partial charge in [0.25, 0.3) is 6.71 Å². The number of nitrogens with zero attached hydrogens (tertiary/aromatic N) is 2. The number of rotatable bonds is 7. The number of anilines is 6. The average Bonchev–Trinajstić information content (AvgIpc) is 3.37. The number of hydrogen-bond donors (Lipinski definition) is 0. The van der Waals surface area contributed by atoms with Crippen molar-refractivity contribution in [3.8, 4) is 55.6 Å². The Morgan fingerprint density at radius 3 is 0.938 bits per heavy atom. The number of benzene rings is 10. The smallest absolute Gasteiger partial charge is 0.252 e. The van der Waals surface area contributed by atoms with E-state index in [-0.39, 0.29) is 6.71 Å². The fourth-order valence-corrected chi connectivity index (χ4v) is 10.5. The third-order valence-electron chi connectivity index (χ3n) is 13.0. The molecule has 0 amide bonds. The molecule has 0 unspecified atom stereocenters. The number of fused-ring (bicyclic) bond motifs is 4. The quantitative estimate of drug-likeness (QED) is 0.147. The van der Waals surface area contributed by atoms with Gasteiger partial charge in [0.15, 0.2) is 0 Å². The van der Waals surface area contributed by atoms with Gasteiger partial charge < -0.3 is 9.80 Å². The Labute approximate surface area is 390 Å². The molecule has 0 fully saturated rings. The highest BCUT2D eigenvalue weighted by Crippen LogP contribution is 2.53. The van der Waals surface area contributed by atoms with E-state index in [0.29, 0.717) is 10.0 Å². The predicted octanol–water partition coefficient (Wildman–Crippen LogP) is 15.4. The molecule has 306 valence electrons. The molecule has 0 aliphatic carbocycles. The zero-order valence-corrected chi connectivity index (χ0v) is 36.8. The molecular formula is C60H39BCl2N2. The first kappa shape index (κ1) is 39.1. The Balaban J connectivity index is 1.26. The molecule has 10 aromatic carbocycles. The standard InChI is InChI=1S/C60H39BCl2N2/c62-46-32-34-52-54(38-46)64(59-48(41-20-8-2-9-21-41)28-16-29-49(59)42-22-10-3-11-23-42)56-36-45(40-18-6-1-7-19-40)37-57-58(56)61(52)53-35-33-47(63)39-55(53)65(57)60-50(43-24-12-4-13-25-43)30-17-31-51(60)44-26-14-5-15-27-44/h1-39H. The molecule has 0 bridgehead atoms. The molecule has 0 atom stereocenters. The maximum Gasteiger partial charge on any atom is 0.252 e. The van der Waals surface area contributed by atoms with Gasteiger partial charge in [0, 0.05) is 55.0 Å². The largest absolute Gasteiger partial charge is 0.310 e. The predicted molar refractivity (Wildman–Crippen MR) is 278 cm³/mol. The molecule has 0 saturated carbocycles. The molecule has 0 radical (unpaired) electrons. The van der Waals surface area contributed by atoms with Crippen LogP contribution >= 0.6 is 23.2 Å². The number of para-hydroxylation sites is 2. The van der Waals surface area contributed by atoms with Gasteiger partial charge in [-0.3, -0.25) is 0 Å². The highest BCUT2D eigenvalue weighted by molar-refractivity contribution is 7.00. The van der Waals surface area contributed by atoms with Gasteiger partial charge in [-0.2, -0.15) is 0 Å². The first-order valence-corrected chi connectivity index (χ1v) is 22.8. The SMILES string of the molecule is Clc1ccc2c(c1)N(c1c(-c3ccccc3)cccc1-c1ccccc1)c1cc(-c3ccccc3)cc3c1B2c1ccc(Cl)cc1N3c1c(-c2ccccc2)cccc1-c1ccccc1. The third kappa shape index (κ3) is 6.66. The molecule has 12 rings (SSSR count). The summed E-state index contributed by atoms with van der Waals surface area (Å²) in [4.78, 5) is 5.02. The summed E-state index contributed by atoms with van der Waals surface area (Å²) in [7, 11) is 0. The first-order valence-electron chi connectivity index (χ1n) is 22.0. The van der Waals surface area contributed by atoms with Gasteiger partial charge >= 0.3 is 0 Å². The van der Waals surface area contributed by atoms with Crippen LogP contribution in [0.2, 0.25) is 10.0 Å². The van der Waals surface area contributed by atoms with Crippen molar-refractivity contribution in [3.05, 3.63) is 247 Å². The highest BCUT2D eigenvalue weighted by atomic mass is 35.5. The summed E-state index contributed by atoms with van der Waals surface area (Å²) in [6.07, 6.45) is 0. The lowest BCUT2D eigenvalue weighted by Gasteiger charge is -2.46. The van der Waals surface area contributed by atoms with E-state index in [0.717, 1.165) is 89.8 Å². The van der Waals surface area contributed by atoms with E-state index < -0.39 is 0 Å². The highest BCUT2D eigenvalue weighted by Gasteiger charge is 2.45. The third-order valence-corrected chi connectivity index (χ3v) is 13.4. The molecule has 2 heterocycles. The minimum atomic E-state index is -0.148. The van der Waals surface area contributed by atoms with E-state index in [9.17, 15) is 0 Å². The summed E-state index contributed by atoms with van der Waals surface area (Å²) in [5, 5.41) is 1.35. The van der Waals surface area contributed by atoms with E-state index in [1.165, 1.54) is 16.4 Å². The van der Waals surface area contributed by atoms with Crippen LogP contribution in [0.25, 0.3) is 55.6 Å². The second-order valence-corrected chi connectivity index (χ2v) is 17.5. The first-order chi connectivity index (χ1) is 32.1. The van der Waals surface area contributed by atoms with Crippen LogP contribution < -0.4 is 26.2 Å². The maximum absolute atomic E-state index is 7.16. The van der Waals surface area contributed by atoms with Crippen molar-refractivity contribution in [1.82, 2.24) is 0 Å². The van der Waals surface area contributed by atoms with E-state index in [1.807, 2.05) is 12.1 Å². The lowest BCUT2D eigenvalue weighted by atomic mass is 9.33. The van der Waals surface area contributed by atoms with Crippen LogP contribution in [0.5, 0.6) is 0 Å². The fourth-order valence-electron chi connectivity index (χ4n) is 10.2. The van der Waals surface area contributed by atoms with Crippen molar-refractivity contribution in [2.45, 2.75) is 0 Å². The Morgan fingerprint density at radius 1 is 0.277 bits per heavy atom. The molecule has 65 heavy (non-hydrogen) atoms. The summed E-state index contributed by atoms with van der Waals surface area (Å²) < 4.78 is 0. The summed E-state index contributed by atoms with van der Waals surface area (Å²) in [6, 6.07) is 84.8. The lowest BCUT2D eigenvalue weighted by Crippen LogP contribution is -2.61. The molecule has 5 heteroatoms. The van der Waals surface area contributed by atoms with Crippen LogP contribution in [-0.4, -0.2) is 6.71 Å². The summed E-state index contributed by atoms with van der Waals surface area (Å²) in [5.74, 6) is 0. The Morgan fingerprint density at radius 2 is 0.600 bits per heavy atom. The van der Waals surface area contributed by atoms with Crippen LogP contribution in [0, 0.1) is 0 Å². The Hall–Kier alpha value is -7.56. The van der Waals surface area contributed by atoms with Gasteiger partial charge in [-0.1, -0.05) is 223 Å². The van der Waals surface area contributed by atoms with Crippen LogP contribution in [-0.2, 0) is 0 Å². The van der Waals surface area contributed by atoms with Gasteiger partial charge in [-0.15, -0.1) is 0 Å². The molecule has 2 aliphatic heterocycles. The Kier molecular flexibility index (Phi) is 9.75. The van der Waals surface area contributed by atoms with E-state index in [1.54, 1.807) is 0 Å². The summed E-state index contributed by atoms with van der Waals surface area (Å²) in [5.41, 5.74) is 21.2. The second-order valence-electron chi connectivity index (χ2n) is 16.7. The van der Waals surface area contributed by atoms with Crippen LogP contribution in [0.4, 0.5) is 34.1 Å². The van der Waals surface area contributed by atoms with Crippen molar-refractivity contribution in [2.75, 3.05) is 9.80 Å². The molecule has 2 nitrogen and oxygen atoms in total. The molecular weight excluding hydrogens is 830 g/mol. The molecule has 0 aromatic heterocycles.